The molecular formula is C21H23N3O4. The van der Waals surface area contributed by atoms with Gasteiger partial charge in [-0.1, -0.05) is 25.0 Å². The molecule has 2 aliphatic heterocycles. The van der Waals surface area contributed by atoms with Gasteiger partial charge in [-0.25, -0.2) is 4.79 Å². The molecule has 2 atom stereocenters. The number of benzene rings is 1. The number of nitrogens with zero attached hydrogens (tertiary/aromatic N) is 2. The Balaban J connectivity index is 1.43. The molecular weight excluding hydrogens is 358 g/mol. The van der Waals surface area contributed by atoms with E-state index in [0.717, 1.165) is 53.9 Å². The van der Waals surface area contributed by atoms with Gasteiger partial charge in [0, 0.05) is 18.3 Å². The highest BCUT2D eigenvalue weighted by molar-refractivity contribution is 5.97. The molecule has 1 aromatic heterocycles. The van der Waals surface area contributed by atoms with E-state index in [0.29, 0.717) is 6.54 Å². The molecule has 2 fully saturated rings. The molecule has 3 heterocycles. The molecule has 1 amide bonds. The third-order valence-electron chi connectivity index (χ3n) is 6.15. The first-order valence-corrected chi connectivity index (χ1v) is 9.77. The molecule has 146 valence electrons. The Kier molecular flexibility index (Phi) is 4.03. The van der Waals surface area contributed by atoms with Crippen LogP contribution in [0.1, 0.15) is 31.4 Å². The molecule has 1 aromatic carbocycles. The molecule has 7 heteroatoms. The second kappa shape index (κ2) is 6.46. The highest BCUT2D eigenvalue weighted by Gasteiger charge is 2.45. The average Bonchev–Trinajstić information content (AvgIpc) is 3.32. The van der Waals surface area contributed by atoms with Crippen LogP contribution in [0.3, 0.4) is 0 Å². The first kappa shape index (κ1) is 17.5. The number of fused-ring (bicyclic) bond motifs is 3. The first-order chi connectivity index (χ1) is 13.6. The Morgan fingerprint density at radius 2 is 2.00 bits per heavy atom. The van der Waals surface area contributed by atoms with Crippen molar-refractivity contribution in [2.75, 3.05) is 23.4 Å². The van der Waals surface area contributed by atoms with E-state index < -0.39 is 17.8 Å². The van der Waals surface area contributed by atoms with E-state index in [4.69, 9.17) is 4.74 Å². The van der Waals surface area contributed by atoms with Crippen molar-refractivity contribution in [1.82, 2.24) is 4.98 Å². The highest BCUT2D eigenvalue weighted by Crippen LogP contribution is 2.40. The fourth-order valence-corrected chi connectivity index (χ4v) is 4.56. The lowest BCUT2D eigenvalue weighted by Gasteiger charge is -2.32. The van der Waals surface area contributed by atoms with Gasteiger partial charge in [0.1, 0.15) is 11.7 Å². The molecule has 2 aromatic rings. The Morgan fingerprint density at radius 3 is 2.71 bits per heavy atom. The van der Waals surface area contributed by atoms with E-state index in [1.165, 1.54) is 0 Å². The summed E-state index contributed by atoms with van der Waals surface area (Å²) in [4.78, 5) is 18.4. The van der Waals surface area contributed by atoms with Gasteiger partial charge in [-0.15, -0.1) is 0 Å². The van der Waals surface area contributed by atoms with E-state index in [2.05, 4.69) is 10.3 Å². The van der Waals surface area contributed by atoms with Crippen LogP contribution in [0, 0.1) is 0 Å². The van der Waals surface area contributed by atoms with Gasteiger partial charge in [0.25, 0.3) is 0 Å². The predicted octanol–water partition coefficient (Wildman–Crippen LogP) is 2.62. The number of aliphatic hydroxyl groups is 2. The van der Waals surface area contributed by atoms with E-state index in [-0.39, 0.29) is 12.6 Å². The van der Waals surface area contributed by atoms with Gasteiger partial charge in [0.2, 0.25) is 0 Å². The fraction of sp³-hybridized carbons (Fsp3) is 0.429. The van der Waals surface area contributed by atoms with Crippen molar-refractivity contribution in [3.05, 3.63) is 42.2 Å². The van der Waals surface area contributed by atoms with Crippen LogP contribution in [-0.4, -0.2) is 46.6 Å². The molecule has 0 unspecified atom stereocenters. The SMILES string of the molecule is O=C1O[C@@H](CO)[C@@H]2CNc3cc(-c4ccc(C5(O)CCCC5)nc4)ccc3N12. The quantitative estimate of drug-likeness (QED) is 0.757. The van der Waals surface area contributed by atoms with Crippen molar-refractivity contribution in [1.29, 1.82) is 0 Å². The third kappa shape index (κ3) is 2.65. The smallest absolute Gasteiger partial charge is 0.415 e. The molecule has 3 N–H and O–H groups in total. The van der Waals surface area contributed by atoms with Crippen LogP contribution in [0.2, 0.25) is 0 Å². The molecule has 0 spiro atoms. The third-order valence-corrected chi connectivity index (χ3v) is 6.15. The van der Waals surface area contributed by atoms with Crippen LogP contribution < -0.4 is 10.2 Å². The van der Waals surface area contributed by atoms with Gasteiger partial charge >= 0.3 is 6.09 Å². The normalized spacial score (nSPS) is 25.1. The summed E-state index contributed by atoms with van der Waals surface area (Å²) in [6.45, 7) is 0.337. The minimum absolute atomic E-state index is 0.188. The van der Waals surface area contributed by atoms with Crippen LogP contribution in [0.25, 0.3) is 11.1 Å². The summed E-state index contributed by atoms with van der Waals surface area (Å²) in [5.74, 6) is 0. The van der Waals surface area contributed by atoms with Crippen LogP contribution in [0.15, 0.2) is 36.5 Å². The standard InChI is InChI=1S/C21H23N3O4/c25-12-18-17-11-22-15-9-13(3-5-16(15)24(17)20(26)28-18)14-4-6-19(23-10-14)21(27)7-1-2-8-21/h3-6,9-10,17-18,22,25,27H,1-2,7-8,11-12H2/t17-,18-/m0/s1. The van der Waals surface area contributed by atoms with E-state index in [1.807, 2.05) is 30.3 Å². The van der Waals surface area contributed by atoms with E-state index in [1.54, 1.807) is 11.1 Å². The van der Waals surface area contributed by atoms with Crippen molar-refractivity contribution >= 4 is 17.5 Å². The largest absolute Gasteiger partial charge is 0.441 e. The molecule has 1 saturated heterocycles. The maximum atomic E-state index is 12.2. The Labute approximate surface area is 163 Å². The zero-order valence-electron chi connectivity index (χ0n) is 15.5. The van der Waals surface area contributed by atoms with Crippen LogP contribution in [0.4, 0.5) is 16.2 Å². The van der Waals surface area contributed by atoms with Gasteiger partial charge < -0.3 is 20.3 Å². The molecule has 0 radical (unpaired) electrons. The monoisotopic (exact) mass is 381 g/mol. The zero-order chi connectivity index (χ0) is 19.3. The summed E-state index contributed by atoms with van der Waals surface area (Å²) in [6.07, 6.45) is 4.47. The summed E-state index contributed by atoms with van der Waals surface area (Å²) >= 11 is 0. The summed E-state index contributed by atoms with van der Waals surface area (Å²) < 4.78 is 5.26. The summed E-state index contributed by atoms with van der Waals surface area (Å²) in [5, 5.41) is 23.5. The van der Waals surface area contributed by atoms with E-state index >= 15 is 0 Å². The lowest BCUT2D eigenvalue weighted by Crippen LogP contribution is -2.46. The number of pyridine rings is 1. The number of carbonyl (C=O) groups excluding carboxylic acids is 1. The number of aliphatic hydroxyl groups excluding tert-OH is 1. The predicted molar refractivity (Wildman–Crippen MR) is 104 cm³/mol. The highest BCUT2D eigenvalue weighted by atomic mass is 16.6. The molecule has 28 heavy (non-hydrogen) atoms. The second-order valence-corrected chi connectivity index (χ2v) is 7.83. The number of aromatic nitrogens is 1. The fourth-order valence-electron chi connectivity index (χ4n) is 4.56. The topological polar surface area (TPSA) is 94.9 Å². The maximum Gasteiger partial charge on any atom is 0.415 e. The molecule has 3 aliphatic rings. The molecule has 7 nitrogen and oxygen atoms in total. The van der Waals surface area contributed by atoms with Crippen molar-refractivity contribution in [2.45, 2.75) is 43.4 Å². The van der Waals surface area contributed by atoms with Gasteiger partial charge in [-0.2, -0.15) is 0 Å². The van der Waals surface area contributed by atoms with Crippen LogP contribution in [0.5, 0.6) is 0 Å². The summed E-state index contributed by atoms with van der Waals surface area (Å²) in [7, 11) is 0. The number of rotatable bonds is 3. The van der Waals surface area contributed by atoms with Crippen molar-refractivity contribution in [3.8, 4) is 11.1 Å². The first-order valence-electron chi connectivity index (χ1n) is 9.77. The number of carbonyl (C=O) groups is 1. The van der Waals surface area contributed by atoms with Gasteiger partial charge in [-0.3, -0.25) is 9.88 Å². The molecule has 5 rings (SSSR count). The number of amides is 1. The van der Waals surface area contributed by atoms with E-state index in [9.17, 15) is 15.0 Å². The van der Waals surface area contributed by atoms with Crippen molar-refractivity contribution < 1.29 is 19.7 Å². The Morgan fingerprint density at radius 1 is 1.21 bits per heavy atom. The Hall–Kier alpha value is -2.64. The average molecular weight is 381 g/mol. The Bertz CT molecular complexity index is 908. The van der Waals surface area contributed by atoms with Crippen LogP contribution >= 0.6 is 0 Å². The number of cyclic esters (lactones) is 1. The lowest BCUT2D eigenvalue weighted by atomic mass is 9.96. The molecule has 1 aliphatic carbocycles. The number of hydrogen-bond acceptors (Lipinski definition) is 6. The number of anilines is 2. The zero-order valence-corrected chi connectivity index (χ0v) is 15.5. The number of hydrogen-bond donors (Lipinski definition) is 3. The lowest BCUT2D eigenvalue weighted by molar-refractivity contribution is 0.0400. The van der Waals surface area contributed by atoms with Crippen molar-refractivity contribution in [3.63, 3.8) is 0 Å². The van der Waals surface area contributed by atoms with Gasteiger partial charge in [0.15, 0.2) is 0 Å². The van der Waals surface area contributed by atoms with Crippen molar-refractivity contribution in [2.24, 2.45) is 0 Å². The maximum absolute atomic E-state index is 12.2. The summed E-state index contributed by atoms with van der Waals surface area (Å²) in [5.41, 5.74) is 3.49. The van der Waals surface area contributed by atoms with Crippen LogP contribution in [-0.2, 0) is 10.3 Å². The van der Waals surface area contributed by atoms with Gasteiger partial charge in [0.05, 0.1) is 29.7 Å². The number of nitrogens with one attached hydrogen (secondary N) is 1. The van der Waals surface area contributed by atoms with Gasteiger partial charge in [-0.05, 0) is 36.6 Å². The second-order valence-electron chi connectivity index (χ2n) is 7.83. The summed E-state index contributed by atoms with van der Waals surface area (Å²) in [6, 6.07) is 9.52. The minimum atomic E-state index is -0.787. The minimum Gasteiger partial charge on any atom is -0.441 e. The molecule has 1 saturated carbocycles. The number of ether oxygens (including phenoxy) is 1. The molecule has 0 bridgehead atoms.